The minimum atomic E-state index is 1.24. The van der Waals surface area contributed by atoms with Crippen LogP contribution in [0.15, 0.2) is 22.7 Å². The normalized spacial score (nSPS) is 10.9. The zero-order valence-corrected chi connectivity index (χ0v) is 12.5. The van der Waals surface area contributed by atoms with E-state index in [0.29, 0.717) is 0 Å². The molecule has 2 rings (SSSR count). The van der Waals surface area contributed by atoms with Crippen molar-refractivity contribution in [1.29, 1.82) is 0 Å². The predicted molar refractivity (Wildman–Crippen MR) is 75.0 cm³/mol. The van der Waals surface area contributed by atoms with Gasteiger partial charge >= 0.3 is 0 Å². The molecule has 0 fully saturated rings. The van der Waals surface area contributed by atoms with Crippen LogP contribution in [0.1, 0.15) is 0 Å². The van der Waals surface area contributed by atoms with E-state index in [1.165, 1.54) is 21.0 Å². The van der Waals surface area contributed by atoms with Crippen molar-refractivity contribution in [2.24, 2.45) is 0 Å². The van der Waals surface area contributed by atoms with Gasteiger partial charge in [0.15, 0.2) is 0 Å². The van der Waals surface area contributed by atoms with Gasteiger partial charge in [0.2, 0.25) is 0 Å². The minimum Gasteiger partial charge on any atom is -0.128 e. The van der Waals surface area contributed by atoms with Crippen LogP contribution in [0.4, 0.5) is 0 Å². The lowest BCUT2D eigenvalue weighted by atomic mass is 10.3. The lowest BCUT2D eigenvalue weighted by Gasteiger charge is -1.93. The molecule has 0 radical (unpaired) electrons. The Kier molecular flexibility index (Phi) is 2.98. The van der Waals surface area contributed by atoms with Crippen LogP contribution in [0, 0.1) is 6.45 Å². The molecule has 0 nitrogen and oxygen atoms in total. The van der Waals surface area contributed by atoms with Gasteiger partial charge in [0, 0.05) is 13.7 Å². The molecule has 12 heavy (non-hydrogen) atoms. The predicted octanol–water partition coefficient (Wildman–Crippen LogP) is 4.87. The SMILES string of the molecule is Brc1c(I)sc2cccc(I)c12. The van der Waals surface area contributed by atoms with Crippen LogP contribution in [-0.4, -0.2) is 0 Å². The molecule has 0 bridgehead atoms. The quantitative estimate of drug-likeness (QED) is 0.488. The largest absolute Gasteiger partial charge is 0.128 e. The van der Waals surface area contributed by atoms with E-state index in [0.717, 1.165) is 0 Å². The molecule has 4 heteroatoms. The Morgan fingerprint density at radius 1 is 1.25 bits per heavy atom. The molecule has 2 aromatic rings. The van der Waals surface area contributed by atoms with Gasteiger partial charge in [-0.05, 0) is 73.2 Å². The standard InChI is InChI=1S/C8H3BrI2S/c9-7-6-4(10)2-1-3-5(6)12-8(7)11/h1-3H. The zero-order valence-electron chi connectivity index (χ0n) is 5.77. The molecule has 0 aliphatic heterocycles. The summed E-state index contributed by atoms with van der Waals surface area (Å²) in [4.78, 5) is 0. The maximum absolute atomic E-state index is 3.60. The smallest absolute Gasteiger partial charge is 0.0808 e. The van der Waals surface area contributed by atoms with E-state index < -0.39 is 0 Å². The Hall–Kier alpha value is 1.12. The number of halogens is 3. The van der Waals surface area contributed by atoms with E-state index in [2.05, 4.69) is 79.3 Å². The summed E-state index contributed by atoms with van der Waals surface area (Å²) in [5, 5.41) is 1.35. The molecular weight excluding hydrogens is 462 g/mol. The number of rotatable bonds is 0. The van der Waals surface area contributed by atoms with Gasteiger partial charge < -0.3 is 0 Å². The molecule has 0 saturated carbocycles. The third-order valence-corrected chi connectivity index (χ3v) is 6.41. The van der Waals surface area contributed by atoms with Crippen molar-refractivity contribution in [3.05, 3.63) is 29.1 Å². The first-order valence-electron chi connectivity index (χ1n) is 3.22. The average molecular weight is 465 g/mol. The number of hydrogen-bond donors (Lipinski definition) is 0. The molecule has 62 valence electrons. The van der Waals surface area contributed by atoms with Crippen LogP contribution in [0.25, 0.3) is 10.1 Å². The number of thiophene rings is 1. The third-order valence-electron chi connectivity index (χ3n) is 1.57. The Bertz CT molecular complexity index is 436. The highest BCUT2D eigenvalue weighted by Crippen LogP contribution is 2.38. The molecule has 0 N–H and O–H groups in total. The fourth-order valence-corrected chi connectivity index (χ4v) is 4.99. The van der Waals surface area contributed by atoms with Crippen molar-refractivity contribution < 1.29 is 0 Å². The second-order valence-electron chi connectivity index (χ2n) is 2.30. The summed E-state index contributed by atoms with van der Waals surface area (Å²) in [6, 6.07) is 6.40. The van der Waals surface area contributed by atoms with Crippen molar-refractivity contribution in [2.45, 2.75) is 0 Å². The van der Waals surface area contributed by atoms with Gasteiger partial charge in [-0.2, -0.15) is 0 Å². The van der Waals surface area contributed by atoms with Crippen molar-refractivity contribution in [1.82, 2.24) is 0 Å². The van der Waals surface area contributed by atoms with Crippen molar-refractivity contribution in [2.75, 3.05) is 0 Å². The molecule has 0 aliphatic rings. The van der Waals surface area contributed by atoms with Crippen LogP contribution in [0.5, 0.6) is 0 Å². The minimum absolute atomic E-state index is 1.24. The Morgan fingerprint density at radius 2 is 2.00 bits per heavy atom. The molecule has 0 atom stereocenters. The Labute approximate surface area is 110 Å². The van der Waals surface area contributed by atoms with Crippen LogP contribution in [-0.2, 0) is 0 Å². The van der Waals surface area contributed by atoms with E-state index in [1.807, 2.05) is 11.3 Å². The van der Waals surface area contributed by atoms with Crippen molar-refractivity contribution in [3.8, 4) is 0 Å². The summed E-state index contributed by atoms with van der Waals surface area (Å²) in [5.74, 6) is 0. The monoisotopic (exact) mass is 464 g/mol. The van der Waals surface area contributed by atoms with Gasteiger partial charge in [0.25, 0.3) is 0 Å². The fraction of sp³-hybridized carbons (Fsp3) is 0. The molecule has 0 unspecified atom stereocenters. The highest BCUT2D eigenvalue weighted by atomic mass is 127. The molecule has 0 aliphatic carbocycles. The van der Waals surface area contributed by atoms with Gasteiger partial charge in [-0.3, -0.25) is 0 Å². The van der Waals surface area contributed by atoms with Crippen molar-refractivity contribution >= 4 is 82.5 Å². The maximum Gasteiger partial charge on any atom is 0.0808 e. The van der Waals surface area contributed by atoms with E-state index in [-0.39, 0.29) is 0 Å². The summed E-state index contributed by atoms with van der Waals surface area (Å²) in [7, 11) is 0. The van der Waals surface area contributed by atoms with E-state index >= 15 is 0 Å². The van der Waals surface area contributed by atoms with Gasteiger partial charge in [-0.1, -0.05) is 6.07 Å². The first kappa shape index (κ1) is 9.67. The summed E-state index contributed by atoms with van der Waals surface area (Å²) < 4.78 is 5.24. The van der Waals surface area contributed by atoms with Crippen LogP contribution in [0.2, 0.25) is 0 Å². The summed E-state index contributed by atoms with van der Waals surface area (Å²) in [6.45, 7) is 0. The van der Waals surface area contributed by atoms with E-state index in [9.17, 15) is 0 Å². The number of hydrogen-bond acceptors (Lipinski definition) is 1. The van der Waals surface area contributed by atoms with Crippen molar-refractivity contribution in [3.63, 3.8) is 0 Å². The Morgan fingerprint density at radius 3 is 2.67 bits per heavy atom. The average Bonchev–Trinajstić information content (AvgIpc) is 2.29. The fourth-order valence-electron chi connectivity index (χ4n) is 1.04. The van der Waals surface area contributed by atoms with Crippen LogP contribution in [0.3, 0.4) is 0 Å². The van der Waals surface area contributed by atoms with Crippen LogP contribution < -0.4 is 0 Å². The second kappa shape index (κ2) is 3.70. The first-order chi connectivity index (χ1) is 5.70. The first-order valence-corrected chi connectivity index (χ1v) is 6.99. The number of benzene rings is 1. The molecule has 1 aromatic heterocycles. The summed E-state index contributed by atoms with van der Waals surface area (Å²) in [6.07, 6.45) is 0. The van der Waals surface area contributed by atoms with Gasteiger partial charge in [-0.15, -0.1) is 11.3 Å². The Balaban J connectivity index is 2.97. The number of fused-ring (bicyclic) bond motifs is 1. The highest BCUT2D eigenvalue weighted by Gasteiger charge is 2.09. The third kappa shape index (κ3) is 1.55. The molecular formula is C8H3BrI2S. The lowest BCUT2D eigenvalue weighted by Crippen LogP contribution is -1.71. The molecule has 0 saturated heterocycles. The topological polar surface area (TPSA) is 0 Å². The molecule has 1 heterocycles. The van der Waals surface area contributed by atoms with E-state index in [4.69, 9.17) is 0 Å². The zero-order chi connectivity index (χ0) is 8.72. The molecule has 0 amide bonds. The summed E-state index contributed by atoms with van der Waals surface area (Å²) >= 11 is 10.2. The maximum atomic E-state index is 3.60. The molecule has 0 spiro atoms. The van der Waals surface area contributed by atoms with E-state index in [1.54, 1.807) is 0 Å². The lowest BCUT2D eigenvalue weighted by molar-refractivity contribution is 1.75. The second-order valence-corrected chi connectivity index (χ2v) is 7.12. The summed E-state index contributed by atoms with van der Waals surface area (Å²) in [5.41, 5.74) is 0. The molecule has 1 aromatic carbocycles. The van der Waals surface area contributed by atoms with Gasteiger partial charge in [0.1, 0.15) is 0 Å². The van der Waals surface area contributed by atoms with Gasteiger partial charge in [0.05, 0.1) is 7.36 Å². The van der Waals surface area contributed by atoms with Crippen LogP contribution >= 0.6 is 72.4 Å². The highest BCUT2D eigenvalue weighted by molar-refractivity contribution is 14.1. The van der Waals surface area contributed by atoms with Gasteiger partial charge in [-0.25, -0.2) is 0 Å².